The predicted molar refractivity (Wildman–Crippen MR) is 123 cm³/mol. The van der Waals surface area contributed by atoms with Crippen LogP contribution in [0.1, 0.15) is 37.3 Å². The van der Waals surface area contributed by atoms with E-state index in [9.17, 15) is 22.8 Å². The van der Waals surface area contributed by atoms with Crippen molar-refractivity contribution in [2.45, 2.75) is 38.9 Å². The molecule has 2 atom stereocenters. The van der Waals surface area contributed by atoms with Crippen LogP contribution in [-0.4, -0.2) is 37.0 Å². The maximum absolute atomic E-state index is 12.9. The van der Waals surface area contributed by atoms with Crippen molar-refractivity contribution < 1.29 is 27.5 Å². The molecule has 34 heavy (non-hydrogen) atoms. The Morgan fingerprint density at radius 3 is 2.50 bits per heavy atom. The largest absolute Gasteiger partial charge is 0.497 e. The van der Waals surface area contributed by atoms with E-state index in [2.05, 4.69) is 10.6 Å². The molecule has 1 saturated heterocycles. The van der Waals surface area contributed by atoms with Crippen LogP contribution in [0.15, 0.2) is 48.5 Å². The van der Waals surface area contributed by atoms with Gasteiger partial charge in [0.1, 0.15) is 5.75 Å². The molecule has 0 spiro atoms. The number of hydrogen-bond donors (Lipinski definition) is 2. The number of alkyl halides is 3. The molecular weight excluding hydrogens is 447 g/mol. The fraction of sp³-hybridized carbons (Fsp3) is 0.440. The fourth-order valence-corrected chi connectivity index (χ4v) is 4.23. The summed E-state index contributed by atoms with van der Waals surface area (Å²) in [7, 11) is 1.60. The number of piperidine rings is 1. The molecule has 1 heterocycles. The molecule has 1 aliphatic heterocycles. The van der Waals surface area contributed by atoms with Gasteiger partial charge in [-0.2, -0.15) is 13.2 Å². The third-order valence-corrected chi connectivity index (χ3v) is 6.24. The number of benzene rings is 2. The minimum Gasteiger partial charge on any atom is -0.497 e. The molecule has 0 aliphatic carbocycles. The van der Waals surface area contributed by atoms with Crippen molar-refractivity contribution >= 4 is 17.6 Å². The summed E-state index contributed by atoms with van der Waals surface area (Å²) in [5.41, 5.74) is 0.270. The molecule has 1 fully saturated rings. The second kappa shape index (κ2) is 11.3. The van der Waals surface area contributed by atoms with E-state index in [-0.39, 0.29) is 23.4 Å². The van der Waals surface area contributed by atoms with Crippen LogP contribution < -0.4 is 15.4 Å². The Bertz CT molecular complexity index is 979. The highest BCUT2D eigenvalue weighted by Crippen LogP contribution is 2.32. The Balaban J connectivity index is 1.50. The average Bonchev–Trinajstić information content (AvgIpc) is 2.83. The molecule has 3 rings (SSSR count). The molecule has 0 bridgehead atoms. The zero-order valence-electron chi connectivity index (χ0n) is 19.3. The minimum atomic E-state index is -4.47. The summed E-state index contributed by atoms with van der Waals surface area (Å²) in [4.78, 5) is 26.8. The first-order valence-corrected chi connectivity index (χ1v) is 11.3. The van der Waals surface area contributed by atoms with Crippen LogP contribution in [0, 0.1) is 11.8 Å². The number of rotatable bonds is 7. The molecule has 0 radical (unpaired) electrons. The lowest BCUT2D eigenvalue weighted by Crippen LogP contribution is -2.46. The molecule has 2 aromatic carbocycles. The van der Waals surface area contributed by atoms with Crippen LogP contribution >= 0.6 is 0 Å². The monoisotopic (exact) mass is 477 g/mol. The van der Waals surface area contributed by atoms with E-state index in [1.807, 2.05) is 31.2 Å². The zero-order chi connectivity index (χ0) is 24.7. The summed E-state index contributed by atoms with van der Waals surface area (Å²) in [5.74, 6) is 0.983. The fourth-order valence-electron chi connectivity index (χ4n) is 4.23. The van der Waals surface area contributed by atoms with Crippen LogP contribution in [0.2, 0.25) is 0 Å². The number of nitrogens with zero attached hydrogens (tertiary/aromatic N) is 1. The van der Waals surface area contributed by atoms with Gasteiger partial charge >= 0.3 is 12.2 Å². The molecule has 1 aliphatic rings. The summed E-state index contributed by atoms with van der Waals surface area (Å²) in [5, 5.41) is 5.52. The Morgan fingerprint density at radius 1 is 1.12 bits per heavy atom. The number of hydrogen-bond acceptors (Lipinski definition) is 3. The summed E-state index contributed by atoms with van der Waals surface area (Å²) in [6.07, 6.45) is -2.65. The van der Waals surface area contributed by atoms with Crippen molar-refractivity contribution in [3.8, 4) is 5.75 Å². The molecule has 0 unspecified atom stereocenters. The lowest BCUT2D eigenvalue weighted by atomic mass is 9.81. The maximum atomic E-state index is 12.9. The smallest absolute Gasteiger partial charge is 0.416 e. The van der Waals surface area contributed by atoms with Crippen LogP contribution in [0.3, 0.4) is 0 Å². The van der Waals surface area contributed by atoms with Gasteiger partial charge < -0.3 is 20.3 Å². The quantitative estimate of drug-likeness (QED) is 0.569. The molecular formula is C25H30F3N3O3. The predicted octanol–water partition coefficient (Wildman–Crippen LogP) is 5.30. The third-order valence-electron chi connectivity index (χ3n) is 6.24. The number of nitrogens with one attached hydrogen (secondary N) is 2. The van der Waals surface area contributed by atoms with E-state index in [0.717, 1.165) is 29.9 Å². The van der Waals surface area contributed by atoms with Gasteiger partial charge in [0.15, 0.2) is 0 Å². The van der Waals surface area contributed by atoms with Crippen molar-refractivity contribution in [2.24, 2.45) is 11.8 Å². The van der Waals surface area contributed by atoms with Crippen LogP contribution in [0.5, 0.6) is 5.75 Å². The topological polar surface area (TPSA) is 70.7 Å². The van der Waals surface area contributed by atoms with Crippen molar-refractivity contribution in [3.05, 3.63) is 59.7 Å². The van der Waals surface area contributed by atoms with E-state index in [4.69, 9.17) is 4.74 Å². The number of carbonyl (C=O) groups excluding carboxylic acids is 2. The molecule has 6 nitrogen and oxygen atoms in total. The van der Waals surface area contributed by atoms with Crippen LogP contribution in [0.25, 0.3) is 0 Å². The highest BCUT2D eigenvalue weighted by molar-refractivity contribution is 5.89. The first kappa shape index (κ1) is 25.4. The van der Waals surface area contributed by atoms with Crippen LogP contribution in [-0.2, 0) is 17.5 Å². The van der Waals surface area contributed by atoms with Gasteiger partial charge in [0.05, 0.1) is 12.7 Å². The normalized spacial score (nSPS) is 18.3. The van der Waals surface area contributed by atoms with Crippen LogP contribution in [0.4, 0.5) is 23.7 Å². The van der Waals surface area contributed by atoms with Crippen molar-refractivity contribution in [1.82, 2.24) is 10.2 Å². The van der Waals surface area contributed by atoms with Gasteiger partial charge in [0.2, 0.25) is 5.91 Å². The molecule has 3 amide bonds. The van der Waals surface area contributed by atoms with E-state index in [0.29, 0.717) is 32.5 Å². The van der Waals surface area contributed by atoms with E-state index >= 15 is 0 Å². The molecule has 0 aromatic heterocycles. The molecule has 0 saturated carbocycles. The zero-order valence-corrected chi connectivity index (χ0v) is 19.3. The van der Waals surface area contributed by atoms with Crippen molar-refractivity contribution in [2.75, 3.05) is 25.5 Å². The lowest BCUT2D eigenvalue weighted by molar-refractivity contribution is -0.137. The highest BCUT2D eigenvalue weighted by atomic mass is 19.4. The molecule has 9 heteroatoms. The minimum absolute atomic E-state index is 0.0406. The summed E-state index contributed by atoms with van der Waals surface area (Å²) >= 11 is 0. The number of urea groups is 1. The average molecular weight is 478 g/mol. The molecule has 2 aromatic rings. The van der Waals surface area contributed by atoms with Crippen molar-refractivity contribution in [3.63, 3.8) is 0 Å². The number of amides is 3. The number of likely N-dealkylation sites (tertiary alicyclic amines) is 1. The summed E-state index contributed by atoms with van der Waals surface area (Å²) < 4.78 is 43.9. The number of halogens is 3. The number of methoxy groups -OCH3 is 1. The lowest BCUT2D eigenvalue weighted by Gasteiger charge is -2.38. The van der Waals surface area contributed by atoms with E-state index < -0.39 is 17.8 Å². The second-order valence-electron chi connectivity index (χ2n) is 8.50. The van der Waals surface area contributed by atoms with Gasteiger partial charge in [0.25, 0.3) is 0 Å². The van der Waals surface area contributed by atoms with Gasteiger partial charge in [-0.1, -0.05) is 31.5 Å². The number of anilines is 1. The van der Waals surface area contributed by atoms with Gasteiger partial charge in [-0.15, -0.1) is 0 Å². The van der Waals surface area contributed by atoms with Gasteiger partial charge in [-0.25, -0.2) is 4.79 Å². The van der Waals surface area contributed by atoms with E-state index in [1.54, 1.807) is 12.0 Å². The van der Waals surface area contributed by atoms with E-state index in [1.165, 1.54) is 12.1 Å². The highest BCUT2D eigenvalue weighted by Gasteiger charge is 2.33. The standard InChI is InChI=1S/C25H30F3N3O3/c1-3-18-16-31(24(33)30-21-6-4-5-20(14-21)25(26,27)28)12-11-19(18)13-23(32)29-15-17-7-9-22(34-2)10-8-17/h4-10,14,18-19H,3,11-13,15-16H2,1-2H3,(H,29,32)(H,30,33)/t18-,19+/m1/s1. The Morgan fingerprint density at radius 2 is 1.85 bits per heavy atom. The Labute approximate surface area is 197 Å². The first-order chi connectivity index (χ1) is 16.2. The number of ether oxygens (including phenoxy) is 1. The first-order valence-electron chi connectivity index (χ1n) is 11.3. The van der Waals surface area contributed by atoms with Gasteiger partial charge in [0, 0.05) is 31.7 Å². The molecule has 184 valence electrons. The SMILES string of the molecule is CC[C@@H]1CN(C(=O)Nc2cccc(C(F)(F)F)c2)CC[C@H]1CC(=O)NCc1ccc(OC)cc1. The van der Waals surface area contributed by atoms with Crippen molar-refractivity contribution in [1.29, 1.82) is 0 Å². The van der Waals surface area contributed by atoms with Gasteiger partial charge in [-0.05, 0) is 54.2 Å². The maximum Gasteiger partial charge on any atom is 0.416 e. The molecule has 2 N–H and O–H groups in total. The Kier molecular flexibility index (Phi) is 8.41. The number of carbonyl (C=O) groups is 2. The summed E-state index contributed by atoms with van der Waals surface area (Å²) in [6, 6.07) is 11.6. The summed E-state index contributed by atoms with van der Waals surface area (Å²) in [6.45, 7) is 3.34. The second-order valence-corrected chi connectivity index (χ2v) is 8.50. The third kappa shape index (κ3) is 6.88. The Hall–Kier alpha value is -3.23. The van der Waals surface area contributed by atoms with Gasteiger partial charge in [-0.3, -0.25) is 4.79 Å².